The highest BCUT2D eigenvalue weighted by Gasteiger charge is 2.71. The van der Waals surface area contributed by atoms with Gasteiger partial charge in [-0.1, -0.05) is 48.5 Å². The van der Waals surface area contributed by atoms with Crippen molar-refractivity contribution in [2.45, 2.75) is 17.6 Å². The molecule has 2 amide bonds. The van der Waals surface area contributed by atoms with Crippen LogP contribution in [0.25, 0.3) is 0 Å². The Morgan fingerprint density at radius 2 is 1.40 bits per heavy atom. The summed E-state index contributed by atoms with van der Waals surface area (Å²) in [6.45, 7) is 0. The molecule has 0 N–H and O–H groups in total. The van der Waals surface area contributed by atoms with Crippen LogP contribution < -0.4 is 4.90 Å². The molecule has 8 heteroatoms. The molecule has 2 bridgehead atoms. The highest BCUT2D eigenvalue weighted by Crippen LogP contribution is 2.65. The van der Waals surface area contributed by atoms with E-state index in [1.807, 2.05) is 48.5 Å². The molecule has 2 atom stereocenters. The maximum atomic E-state index is 14.2. The Morgan fingerprint density at radius 3 is 1.91 bits per heavy atom. The van der Waals surface area contributed by atoms with Crippen LogP contribution in [-0.2, 0) is 24.5 Å². The molecule has 3 aromatic rings. The van der Waals surface area contributed by atoms with E-state index in [2.05, 4.69) is 0 Å². The molecular weight excluding hydrogens is 448 g/mol. The molecule has 0 unspecified atom stereocenters. The zero-order valence-corrected chi connectivity index (χ0v) is 19.1. The number of amides is 2. The maximum Gasteiger partial charge on any atom is 0.269 e. The van der Waals surface area contributed by atoms with E-state index in [1.165, 1.54) is 29.2 Å². The Kier molecular flexibility index (Phi) is 4.67. The van der Waals surface area contributed by atoms with Crippen molar-refractivity contribution in [3.63, 3.8) is 0 Å². The number of methoxy groups -OCH3 is 2. The van der Waals surface area contributed by atoms with Crippen LogP contribution in [0.15, 0.2) is 72.8 Å². The highest BCUT2D eigenvalue weighted by atomic mass is 16.7. The van der Waals surface area contributed by atoms with Crippen LogP contribution in [0.1, 0.15) is 28.2 Å². The van der Waals surface area contributed by atoms with Gasteiger partial charge in [0, 0.05) is 32.3 Å². The Bertz CT molecular complexity index is 1330. The number of ether oxygens (including phenoxy) is 2. The topological polar surface area (TPSA) is 99.0 Å². The quantitative estimate of drug-likeness (QED) is 0.244. The summed E-state index contributed by atoms with van der Waals surface area (Å²) < 4.78 is 11.7. The number of nitro groups is 1. The fourth-order valence-electron chi connectivity index (χ4n) is 6.68. The van der Waals surface area contributed by atoms with Crippen LogP contribution in [0, 0.1) is 22.0 Å². The van der Waals surface area contributed by atoms with Gasteiger partial charge >= 0.3 is 0 Å². The number of benzene rings is 3. The second-order valence-corrected chi connectivity index (χ2v) is 9.11. The lowest BCUT2D eigenvalue weighted by Crippen LogP contribution is -2.60. The van der Waals surface area contributed by atoms with Gasteiger partial charge in [-0.25, -0.2) is 4.90 Å². The number of carbonyl (C=O) groups excluding carboxylic acids is 2. The average molecular weight is 470 g/mol. The summed E-state index contributed by atoms with van der Waals surface area (Å²) in [5.74, 6) is -2.40. The lowest BCUT2D eigenvalue weighted by molar-refractivity contribution is -0.384. The van der Waals surface area contributed by atoms with Crippen molar-refractivity contribution in [2.24, 2.45) is 11.8 Å². The summed E-state index contributed by atoms with van der Waals surface area (Å²) in [6.07, 6.45) is -0.827. The predicted octanol–water partition coefficient (Wildman–Crippen LogP) is 3.76. The minimum absolute atomic E-state index is 0.111. The molecule has 8 nitrogen and oxygen atoms in total. The van der Waals surface area contributed by atoms with Crippen molar-refractivity contribution >= 4 is 23.2 Å². The standard InChI is InChI=1S/C27H22N2O6/c1-34-26(35-2)27-19-9-5-3-7-17(19)21(18-8-4-6-10-20(18)27)22-23(27)25(31)28(24(22)30)15-11-13-16(14-12-15)29(32)33/h3-14,21-23,26H,1-2H3/t21?,22-,23+,27?/m1/s1. The van der Waals surface area contributed by atoms with Gasteiger partial charge in [-0.3, -0.25) is 19.7 Å². The monoisotopic (exact) mass is 470 g/mol. The van der Waals surface area contributed by atoms with Crippen LogP contribution in [-0.4, -0.2) is 37.2 Å². The van der Waals surface area contributed by atoms with Crippen LogP contribution in [0.3, 0.4) is 0 Å². The molecule has 0 saturated carbocycles. The first-order valence-corrected chi connectivity index (χ1v) is 11.3. The van der Waals surface area contributed by atoms with Crippen LogP contribution in [0.2, 0.25) is 0 Å². The zero-order valence-electron chi connectivity index (χ0n) is 19.1. The van der Waals surface area contributed by atoms with Gasteiger partial charge in [0.25, 0.3) is 5.69 Å². The Morgan fingerprint density at radius 1 is 0.857 bits per heavy atom. The average Bonchev–Trinajstić information content (AvgIpc) is 3.16. The van der Waals surface area contributed by atoms with E-state index in [1.54, 1.807) is 14.2 Å². The smallest absolute Gasteiger partial charge is 0.269 e. The van der Waals surface area contributed by atoms with E-state index in [0.717, 1.165) is 22.3 Å². The zero-order chi connectivity index (χ0) is 24.5. The first kappa shape index (κ1) is 21.6. The number of nitro benzene ring substituents is 1. The summed E-state index contributed by atoms with van der Waals surface area (Å²) in [5, 5.41) is 11.1. The first-order valence-electron chi connectivity index (χ1n) is 11.3. The number of nitrogens with zero attached hydrogens (tertiary/aromatic N) is 2. The molecule has 3 aromatic carbocycles. The second kappa shape index (κ2) is 7.56. The number of non-ortho nitro benzene ring substituents is 1. The maximum absolute atomic E-state index is 14.2. The van der Waals surface area contributed by atoms with Crippen molar-refractivity contribution < 1.29 is 24.0 Å². The third-order valence-electron chi connectivity index (χ3n) is 7.80. The fourth-order valence-corrected chi connectivity index (χ4v) is 6.68. The van der Waals surface area contributed by atoms with Crippen LogP contribution in [0.4, 0.5) is 11.4 Å². The summed E-state index contributed by atoms with van der Waals surface area (Å²) in [6, 6.07) is 21.2. The first-order chi connectivity index (χ1) is 17.0. The third-order valence-corrected chi connectivity index (χ3v) is 7.80. The summed E-state index contributed by atoms with van der Waals surface area (Å²) in [4.78, 5) is 40.0. The van der Waals surface area contributed by atoms with E-state index >= 15 is 0 Å². The minimum Gasteiger partial charge on any atom is -0.355 e. The Labute approximate surface area is 201 Å². The molecule has 1 fully saturated rings. The van der Waals surface area contributed by atoms with Gasteiger partial charge in [0.15, 0.2) is 6.29 Å². The van der Waals surface area contributed by atoms with Gasteiger partial charge in [-0.2, -0.15) is 0 Å². The lowest BCUT2D eigenvalue weighted by Gasteiger charge is -2.56. The van der Waals surface area contributed by atoms with Crippen molar-refractivity contribution in [3.05, 3.63) is 105 Å². The van der Waals surface area contributed by atoms with Crippen molar-refractivity contribution in [1.29, 1.82) is 0 Å². The molecule has 1 heterocycles. The summed E-state index contributed by atoms with van der Waals surface area (Å²) >= 11 is 0. The van der Waals surface area contributed by atoms with Gasteiger partial charge in [0.05, 0.1) is 27.9 Å². The minimum atomic E-state index is -1.04. The van der Waals surface area contributed by atoms with Crippen molar-refractivity contribution in [1.82, 2.24) is 0 Å². The van der Waals surface area contributed by atoms with E-state index in [0.29, 0.717) is 5.69 Å². The number of rotatable bonds is 5. The van der Waals surface area contributed by atoms with Gasteiger partial charge in [0.2, 0.25) is 11.8 Å². The molecule has 0 radical (unpaired) electrons. The van der Waals surface area contributed by atoms with E-state index in [4.69, 9.17) is 9.47 Å². The van der Waals surface area contributed by atoms with Crippen molar-refractivity contribution in [3.8, 4) is 0 Å². The molecule has 1 aliphatic heterocycles. The largest absolute Gasteiger partial charge is 0.355 e. The molecule has 1 saturated heterocycles. The molecule has 0 spiro atoms. The Balaban J connectivity index is 1.62. The molecule has 7 rings (SSSR count). The SMILES string of the molecule is COC(OC)C12c3ccccc3C(c3ccccc31)[C@H]1C(=O)N(c3ccc([N+](=O)[O-])cc3)C(=O)[C@H]12. The Hall–Kier alpha value is -3.88. The van der Waals surface area contributed by atoms with Crippen molar-refractivity contribution in [2.75, 3.05) is 19.1 Å². The summed E-state index contributed by atoms with van der Waals surface area (Å²) in [5.41, 5.74) is 2.97. The van der Waals surface area contributed by atoms with E-state index in [9.17, 15) is 19.7 Å². The highest BCUT2D eigenvalue weighted by molar-refractivity contribution is 6.23. The molecule has 0 aromatic heterocycles. The number of hydrogen-bond acceptors (Lipinski definition) is 6. The van der Waals surface area contributed by atoms with Gasteiger partial charge in [0.1, 0.15) is 0 Å². The predicted molar refractivity (Wildman–Crippen MR) is 126 cm³/mol. The molecular formula is C27H22N2O6. The van der Waals surface area contributed by atoms with E-state index in [-0.39, 0.29) is 23.4 Å². The number of anilines is 1. The van der Waals surface area contributed by atoms with Gasteiger partial charge in [-0.05, 0) is 34.4 Å². The van der Waals surface area contributed by atoms with E-state index < -0.39 is 28.5 Å². The number of hydrogen-bond donors (Lipinski definition) is 0. The third kappa shape index (κ3) is 2.58. The summed E-state index contributed by atoms with van der Waals surface area (Å²) in [7, 11) is 3.08. The van der Waals surface area contributed by atoms with Gasteiger partial charge in [-0.15, -0.1) is 0 Å². The molecule has 35 heavy (non-hydrogen) atoms. The second-order valence-electron chi connectivity index (χ2n) is 9.11. The van der Waals surface area contributed by atoms with Gasteiger partial charge < -0.3 is 9.47 Å². The fraction of sp³-hybridized carbons (Fsp3) is 0.259. The number of imide groups is 1. The molecule has 3 aliphatic carbocycles. The number of carbonyl (C=O) groups is 2. The van der Waals surface area contributed by atoms with Crippen LogP contribution in [0.5, 0.6) is 0 Å². The van der Waals surface area contributed by atoms with Crippen LogP contribution >= 0.6 is 0 Å². The normalized spacial score (nSPS) is 26.0. The lowest BCUT2D eigenvalue weighted by atomic mass is 9.47. The molecule has 176 valence electrons. The molecule has 4 aliphatic rings.